The lowest BCUT2D eigenvalue weighted by Crippen LogP contribution is -2.00. The van der Waals surface area contributed by atoms with Crippen LogP contribution < -0.4 is 0 Å². The Kier molecular flexibility index (Phi) is 2.53. The predicted octanol–water partition coefficient (Wildman–Crippen LogP) is 0.918. The van der Waals surface area contributed by atoms with E-state index in [-0.39, 0.29) is 0 Å². The van der Waals surface area contributed by atoms with Crippen LogP contribution in [0.25, 0.3) is 0 Å². The number of hydrogen-bond acceptors (Lipinski definition) is 4. The first-order chi connectivity index (χ1) is 5.27. The lowest BCUT2D eigenvalue weighted by molar-refractivity contribution is 0.0594. The smallest absolute Gasteiger partial charge is 0.356 e. The first-order valence-corrected chi connectivity index (χ1v) is 4.17. The number of hydrogen-bond donors (Lipinski definition) is 1. The van der Waals surface area contributed by atoms with Crippen LogP contribution in [-0.4, -0.2) is 29.3 Å². The normalized spacial score (nSPS) is 9.64. The van der Waals surface area contributed by atoms with Gasteiger partial charge in [-0.15, -0.1) is 0 Å². The van der Waals surface area contributed by atoms with Crippen molar-refractivity contribution in [3.8, 4) is 0 Å². The van der Waals surface area contributed by atoms with Crippen molar-refractivity contribution >= 4 is 17.7 Å². The molecule has 0 aliphatic rings. The lowest BCUT2D eigenvalue weighted by atomic mass is 10.5. The number of methoxy groups -OCH3 is 1. The molecular weight excluding hydrogens is 164 g/mol. The van der Waals surface area contributed by atoms with E-state index < -0.39 is 5.97 Å². The van der Waals surface area contributed by atoms with Gasteiger partial charge in [0, 0.05) is 0 Å². The average Bonchev–Trinajstić information content (AvgIpc) is 2.50. The fourth-order valence-electron chi connectivity index (χ4n) is 0.620. The SMILES string of the molecule is COC(=O)c1cnc(SC)[nH]1. The molecule has 0 unspecified atom stereocenters. The topological polar surface area (TPSA) is 55.0 Å². The second-order valence-corrected chi connectivity index (χ2v) is 2.59. The number of imidazole rings is 1. The molecule has 1 N–H and O–H groups in total. The summed E-state index contributed by atoms with van der Waals surface area (Å²) < 4.78 is 4.47. The number of thioether (sulfide) groups is 1. The molecule has 0 aliphatic heterocycles. The number of carbonyl (C=O) groups excluding carboxylic acids is 1. The highest BCUT2D eigenvalue weighted by atomic mass is 32.2. The van der Waals surface area contributed by atoms with Crippen molar-refractivity contribution in [2.75, 3.05) is 13.4 Å². The molecule has 1 aromatic rings. The van der Waals surface area contributed by atoms with E-state index in [2.05, 4.69) is 14.7 Å². The molecule has 0 aliphatic carbocycles. The van der Waals surface area contributed by atoms with Gasteiger partial charge in [0.25, 0.3) is 0 Å². The van der Waals surface area contributed by atoms with Gasteiger partial charge in [0.05, 0.1) is 13.3 Å². The fourth-order valence-corrected chi connectivity index (χ4v) is 0.990. The molecule has 0 spiro atoms. The molecule has 0 fully saturated rings. The van der Waals surface area contributed by atoms with Gasteiger partial charge in [-0.25, -0.2) is 9.78 Å². The summed E-state index contributed by atoms with van der Waals surface area (Å²) in [5.74, 6) is -0.391. The first-order valence-electron chi connectivity index (χ1n) is 2.95. The van der Waals surface area contributed by atoms with E-state index in [0.29, 0.717) is 10.9 Å². The highest BCUT2D eigenvalue weighted by Crippen LogP contribution is 2.09. The molecule has 1 heterocycles. The molecule has 0 bridgehead atoms. The summed E-state index contributed by atoms with van der Waals surface area (Å²) in [6, 6.07) is 0. The molecule has 0 saturated carbocycles. The quantitative estimate of drug-likeness (QED) is 0.532. The monoisotopic (exact) mass is 172 g/mol. The summed E-state index contributed by atoms with van der Waals surface area (Å²) in [6.07, 6.45) is 3.33. The molecule has 5 heteroatoms. The number of esters is 1. The van der Waals surface area contributed by atoms with E-state index in [4.69, 9.17) is 0 Å². The molecule has 60 valence electrons. The summed E-state index contributed by atoms with van der Waals surface area (Å²) >= 11 is 1.44. The van der Waals surface area contributed by atoms with Crippen molar-refractivity contribution in [3.05, 3.63) is 11.9 Å². The maximum atomic E-state index is 10.8. The van der Waals surface area contributed by atoms with Crippen LogP contribution in [0.5, 0.6) is 0 Å². The Bertz CT molecular complexity index is 259. The van der Waals surface area contributed by atoms with Crippen LogP contribution in [0.15, 0.2) is 11.4 Å². The first kappa shape index (κ1) is 8.13. The number of aromatic amines is 1. The third-order valence-electron chi connectivity index (χ3n) is 1.15. The molecule has 1 rings (SSSR count). The van der Waals surface area contributed by atoms with Crippen molar-refractivity contribution in [1.29, 1.82) is 0 Å². The zero-order valence-electron chi connectivity index (χ0n) is 6.25. The number of nitrogens with one attached hydrogen (secondary N) is 1. The second-order valence-electron chi connectivity index (χ2n) is 1.80. The number of aromatic nitrogens is 2. The maximum absolute atomic E-state index is 10.8. The molecule has 11 heavy (non-hydrogen) atoms. The summed E-state index contributed by atoms with van der Waals surface area (Å²) in [6.45, 7) is 0. The molecular formula is C6H8N2O2S. The van der Waals surface area contributed by atoms with E-state index in [1.54, 1.807) is 0 Å². The molecule has 0 aromatic carbocycles. The molecule has 0 radical (unpaired) electrons. The van der Waals surface area contributed by atoms with Crippen LogP contribution in [0.3, 0.4) is 0 Å². The van der Waals surface area contributed by atoms with Gasteiger partial charge in [0.1, 0.15) is 5.69 Å². The summed E-state index contributed by atoms with van der Waals surface area (Å²) in [5, 5.41) is 0.713. The minimum Gasteiger partial charge on any atom is -0.464 e. The molecule has 0 atom stereocenters. The van der Waals surface area contributed by atoms with Crippen molar-refractivity contribution < 1.29 is 9.53 Å². The summed E-state index contributed by atoms with van der Waals surface area (Å²) in [7, 11) is 1.34. The Morgan fingerprint density at radius 3 is 3.00 bits per heavy atom. The zero-order chi connectivity index (χ0) is 8.27. The Labute approximate surface area is 68.4 Å². The summed E-state index contributed by atoms with van der Waals surface area (Å²) in [5.41, 5.74) is 0.386. The number of nitrogens with zero attached hydrogens (tertiary/aromatic N) is 1. The molecule has 4 nitrogen and oxygen atoms in total. The number of rotatable bonds is 2. The van der Waals surface area contributed by atoms with Crippen molar-refractivity contribution in [1.82, 2.24) is 9.97 Å². The van der Waals surface area contributed by atoms with Crippen molar-refractivity contribution in [2.45, 2.75) is 5.16 Å². The van der Waals surface area contributed by atoms with Gasteiger partial charge in [-0.05, 0) is 6.26 Å². The molecule has 0 saturated heterocycles. The van der Waals surface area contributed by atoms with Gasteiger partial charge < -0.3 is 9.72 Å². The van der Waals surface area contributed by atoms with Crippen LogP contribution in [0, 0.1) is 0 Å². The van der Waals surface area contributed by atoms with Crippen LogP contribution in [0.2, 0.25) is 0 Å². The third-order valence-corrected chi connectivity index (χ3v) is 1.75. The number of ether oxygens (including phenoxy) is 1. The molecule has 0 amide bonds. The van der Waals surface area contributed by atoms with E-state index >= 15 is 0 Å². The number of carbonyl (C=O) groups is 1. The third kappa shape index (κ3) is 1.74. The van der Waals surface area contributed by atoms with Crippen molar-refractivity contribution in [2.24, 2.45) is 0 Å². The number of H-pyrrole nitrogens is 1. The van der Waals surface area contributed by atoms with Crippen LogP contribution in [0.1, 0.15) is 10.5 Å². The Morgan fingerprint density at radius 1 is 1.82 bits per heavy atom. The second kappa shape index (κ2) is 3.43. The van der Waals surface area contributed by atoms with Gasteiger partial charge in [-0.2, -0.15) is 0 Å². The average molecular weight is 172 g/mol. The Hall–Kier alpha value is -0.970. The Balaban J connectivity index is 2.80. The van der Waals surface area contributed by atoms with Crippen LogP contribution >= 0.6 is 11.8 Å². The fraction of sp³-hybridized carbons (Fsp3) is 0.333. The predicted molar refractivity (Wildman–Crippen MR) is 41.7 cm³/mol. The highest BCUT2D eigenvalue weighted by Gasteiger charge is 2.07. The Morgan fingerprint density at radius 2 is 2.55 bits per heavy atom. The van der Waals surface area contributed by atoms with E-state index in [1.807, 2.05) is 6.26 Å². The van der Waals surface area contributed by atoms with Crippen LogP contribution in [0.4, 0.5) is 0 Å². The van der Waals surface area contributed by atoms with Gasteiger partial charge in [0.2, 0.25) is 0 Å². The standard InChI is InChI=1S/C6H8N2O2S/c1-10-5(9)4-3-7-6(8-4)11-2/h3H,1-2H3,(H,7,8). The minimum absolute atomic E-state index is 0.386. The minimum atomic E-state index is -0.391. The molecule has 1 aromatic heterocycles. The van der Waals surface area contributed by atoms with E-state index in [9.17, 15) is 4.79 Å². The van der Waals surface area contributed by atoms with Crippen LogP contribution in [-0.2, 0) is 4.74 Å². The van der Waals surface area contributed by atoms with Gasteiger partial charge >= 0.3 is 5.97 Å². The van der Waals surface area contributed by atoms with Gasteiger partial charge in [0.15, 0.2) is 5.16 Å². The van der Waals surface area contributed by atoms with E-state index in [0.717, 1.165) is 0 Å². The highest BCUT2D eigenvalue weighted by molar-refractivity contribution is 7.98. The zero-order valence-corrected chi connectivity index (χ0v) is 7.07. The lowest BCUT2D eigenvalue weighted by Gasteiger charge is -1.91. The summed E-state index contributed by atoms with van der Waals surface area (Å²) in [4.78, 5) is 17.5. The van der Waals surface area contributed by atoms with Crippen molar-refractivity contribution in [3.63, 3.8) is 0 Å². The van der Waals surface area contributed by atoms with E-state index in [1.165, 1.54) is 25.1 Å². The van der Waals surface area contributed by atoms with Gasteiger partial charge in [-0.3, -0.25) is 0 Å². The maximum Gasteiger partial charge on any atom is 0.356 e. The van der Waals surface area contributed by atoms with Gasteiger partial charge in [-0.1, -0.05) is 11.8 Å². The largest absolute Gasteiger partial charge is 0.464 e.